The third kappa shape index (κ3) is 4.46. The van der Waals surface area contributed by atoms with Gasteiger partial charge in [-0.25, -0.2) is 13.6 Å². The van der Waals surface area contributed by atoms with Gasteiger partial charge in [-0.15, -0.1) is 5.10 Å². The Hall–Kier alpha value is -3.87. The molecule has 1 aromatic heterocycles. The summed E-state index contributed by atoms with van der Waals surface area (Å²) in [4.78, 5) is 15.2. The van der Waals surface area contributed by atoms with Gasteiger partial charge in [-0.3, -0.25) is 0 Å². The van der Waals surface area contributed by atoms with Crippen molar-refractivity contribution in [3.63, 3.8) is 0 Å². The molecule has 0 radical (unpaired) electrons. The maximum absolute atomic E-state index is 14.1. The van der Waals surface area contributed by atoms with Gasteiger partial charge >= 0.3 is 6.03 Å². The van der Waals surface area contributed by atoms with E-state index < -0.39 is 11.6 Å². The quantitative estimate of drug-likeness (QED) is 0.379. The molecule has 5 nitrogen and oxygen atoms in total. The molecule has 1 fully saturated rings. The Bertz CT molecular complexity index is 1270. The maximum Gasteiger partial charge on any atom is 0.346 e. The molecule has 1 saturated heterocycles. The molecule has 0 spiro atoms. The van der Waals surface area contributed by atoms with Gasteiger partial charge in [-0.05, 0) is 48.9 Å². The molecule has 4 aromatic rings. The van der Waals surface area contributed by atoms with Crippen LogP contribution in [0.3, 0.4) is 0 Å². The summed E-state index contributed by atoms with van der Waals surface area (Å²) in [5, 5.41) is 8.24. The molecule has 0 saturated carbocycles. The zero-order valence-electron chi connectivity index (χ0n) is 18.6. The van der Waals surface area contributed by atoms with Gasteiger partial charge < -0.3 is 4.90 Å². The van der Waals surface area contributed by atoms with Crippen LogP contribution in [0.2, 0.25) is 0 Å². The molecule has 1 aliphatic heterocycles. The van der Waals surface area contributed by atoms with Gasteiger partial charge in [-0.1, -0.05) is 65.9 Å². The van der Waals surface area contributed by atoms with E-state index in [0.29, 0.717) is 23.4 Å². The lowest BCUT2D eigenvalue weighted by Crippen LogP contribution is -2.46. The van der Waals surface area contributed by atoms with E-state index in [1.165, 1.54) is 28.4 Å². The highest BCUT2D eigenvalue weighted by molar-refractivity contribution is 5.78. The molecule has 0 aliphatic carbocycles. The lowest BCUT2D eigenvalue weighted by molar-refractivity contribution is 0.149. The summed E-state index contributed by atoms with van der Waals surface area (Å²) < 4.78 is 29.5. The van der Waals surface area contributed by atoms with Crippen molar-refractivity contribution in [2.75, 3.05) is 6.54 Å². The number of carbonyl (C=O) groups is 1. The number of carbonyl (C=O) groups excluding carboxylic acids is 1. The third-order valence-electron chi connectivity index (χ3n) is 6.31. The Labute approximate surface area is 196 Å². The summed E-state index contributed by atoms with van der Waals surface area (Å²) in [6, 6.07) is 20.6. The van der Waals surface area contributed by atoms with Crippen LogP contribution >= 0.6 is 0 Å². The van der Waals surface area contributed by atoms with Crippen LogP contribution in [0.25, 0.3) is 22.4 Å². The molecule has 3 aromatic carbocycles. The summed E-state index contributed by atoms with van der Waals surface area (Å²) in [6.07, 6.45) is 5.43. The Balaban J connectivity index is 1.34. The fraction of sp³-hybridized carbons (Fsp3) is 0.222. The maximum atomic E-state index is 14.1. The van der Waals surface area contributed by atoms with Gasteiger partial charge in [0.15, 0.2) is 0 Å². The fourth-order valence-electron chi connectivity index (χ4n) is 4.55. The van der Waals surface area contributed by atoms with Gasteiger partial charge in [0.2, 0.25) is 0 Å². The minimum absolute atomic E-state index is 0.0672. The lowest BCUT2D eigenvalue weighted by Gasteiger charge is -2.35. The summed E-state index contributed by atoms with van der Waals surface area (Å²) in [5.74, 6) is -1.23. The SMILES string of the molecule is O=C(N1CCCCC1Cc1ccccc1)n1cc(-c2ccc(-c3c(F)cccc3F)cc2)nn1. The van der Waals surface area contributed by atoms with Crippen LogP contribution in [-0.4, -0.2) is 38.5 Å². The zero-order valence-corrected chi connectivity index (χ0v) is 18.6. The highest BCUT2D eigenvalue weighted by atomic mass is 19.1. The normalized spacial score (nSPS) is 15.9. The molecule has 0 bridgehead atoms. The fourth-order valence-corrected chi connectivity index (χ4v) is 4.55. The summed E-state index contributed by atoms with van der Waals surface area (Å²) in [6.45, 7) is 0.689. The van der Waals surface area contributed by atoms with Crippen LogP contribution < -0.4 is 0 Å². The van der Waals surface area contributed by atoms with E-state index >= 15 is 0 Å². The topological polar surface area (TPSA) is 51.0 Å². The van der Waals surface area contributed by atoms with Crippen LogP contribution in [0.15, 0.2) is 79.0 Å². The Morgan fingerprint density at radius 2 is 1.59 bits per heavy atom. The first kappa shape index (κ1) is 21.9. The van der Waals surface area contributed by atoms with Crippen LogP contribution in [0, 0.1) is 11.6 Å². The van der Waals surface area contributed by atoms with Gasteiger partial charge in [0.05, 0.1) is 11.8 Å². The smallest absolute Gasteiger partial charge is 0.320 e. The predicted octanol–water partition coefficient (Wildman–Crippen LogP) is 5.96. The molecule has 7 heteroatoms. The number of rotatable bonds is 4. The van der Waals surface area contributed by atoms with Crippen molar-refractivity contribution < 1.29 is 13.6 Å². The number of amides is 1. The van der Waals surface area contributed by atoms with Crippen LogP contribution in [0.1, 0.15) is 24.8 Å². The lowest BCUT2D eigenvalue weighted by atomic mass is 9.96. The molecule has 172 valence electrons. The van der Waals surface area contributed by atoms with E-state index in [9.17, 15) is 13.6 Å². The number of nitrogens with zero attached hydrogens (tertiary/aromatic N) is 4. The van der Waals surface area contributed by atoms with Crippen LogP contribution in [0.4, 0.5) is 13.6 Å². The average molecular weight is 459 g/mol. The number of piperidine rings is 1. The van der Waals surface area contributed by atoms with Crippen LogP contribution in [0.5, 0.6) is 0 Å². The highest BCUT2D eigenvalue weighted by Gasteiger charge is 2.28. The summed E-state index contributed by atoms with van der Waals surface area (Å²) in [7, 11) is 0. The van der Waals surface area contributed by atoms with Crippen molar-refractivity contribution >= 4 is 6.03 Å². The number of hydrogen-bond donors (Lipinski definition) is 0. The van der Waals surface area contributed by atoms with E-state index in [0.717, 1.165) is 25.7 Å². The van der Waals surface area contributed by atoms with Crippen molar-refractivity contribution in [3.8, 4) is 22.4 Å². The Morgan fingerprint density at radius 1 is 0.882 bits per heavy atom. The minimum Gasteiger partial charge on any atom is -0.320 e. The molecule has 1 aliphatic rings. The van der Waals surface area contributed by atoms with Crippen molar-refractivity contribution in [3.05, 3.63) is 96.2 Å². The van der Waals surface area contributed by atoms with Crippen molar-refractivity contribution in [2.45, 2.75) is 31.7 Å². The molecule has 5 rings (SSSR count). The first-order valence-corrected chi connectivity index (χ1v) is 11.4. The van der Waals surface area contributed by atoms with E-state index in [-0.39, 0.29) is 17.6 Å². The standard InChI is InChI=1S/C27H24F2N4O/c28-23-10-6-11-24(29)26(23)21-14-12-20(13-15-21)25-18-33(31-30-25)27(34)32-16-5-4-9-22(32)17-19-7-2-1-3-8-19/h1-3,6-8,10-15,18,22H,4-5,9,16-17H2. The van der Waals surface area contributed by atoms with Crippen molar-refractivity contribution in [1.82, 2.24) is 19.9 Å². The average Bonchev–Trinajstić information content (AvgIpc) is 3.35. The van der Waals surface area contributed by atoms with Gasteiger partial charge in [-0.2, -0.15) is 4.68 Å². The predicted molar refractivity (Wildman–Crippen MR) is 126 cm³/mol. The third-order valence-corrected chi connectivity index (χ3v) is 6.31. The molecular weight excluding hydrogens is 434 g/mol. The largest absolute Gasteiger partial charge is 0.346 e. The number of halogens is 2. The second-order valence-electron chi connectivity index (χ2n) is 8.54. The summed E-state index contributed by atoms with van der Waals surface area (Å²) >= 11 is 0. The molecule has 1 atom stereocenters. The first-order valence-electron chi connectivity index (χ1n) is 11.4. The van der Waals surface area contributed by atoms with Gasteiger partial charge in [0, 0.05) is 18.2 Å². The van der Waals surface area contributed by atoms with E-state index in [1.807, 2.05) is 23.1 Å². The summed E-state index contributed by atoms with van der Waals surface area (Å²) in [5.41, 5.74) is 2.80. The second kappa shape index (κ2) is 9.55. The highest BCUT2D eigenvalue weighted by Crippen LogP contribution is 2.28. The number of benzene rings is 3. The minimum atomic E-state index is -0.615. The Morgan fingerprint density at radius 3 is 2.32 bits per heavy atom. The molecule has 1 amide bonds. The number of likely N-dealkylation sites (tertiary alicyclic amines) is 1. The van der Waals surface area contributed by atoms with Crippen molar-refractivity contribution in [2.24, 2.45) is 0 Å². The van der Waals surface area contributed by atoms with E-state index in [1.54, 1.807) is 30.5 Å². The van der Waals surface area contributed by atoms with Crippen LogP contribution in [-0.2, 0) is 6.42 Å². The van der Waals surface area contributed by atoms with Gasteiger partial charge in [0.1, 0.15) is 17.3 Å². The van der Waals surface area contributed by atoms with E-state index in [2.05, 4.69) is 22.4 Å². The monoisotopic (exact) mass is 458 g/mol. The number of hydrogen-bond acceptors (Lipinski definition) is 3. The molecule has 1 unspecified atom stereocenters. The Kier molecular flexibility index (Phi) is 6.16. The first-order chi connectivity index (χ1) is 16.6. The molecular formula is C27H24F2N4O. The molecule has 0 N–H and O–H groups in total. The zero-order chi connectivity index (χ0) is 23.5. The molecule has 34 heavy (non-hydrogen) atoms. The van der Waals surface area contributed by atoms with Crippen molar-refractivity contribution in [1.29, 1.82) is 0 Å². The second-order valence-corrected chi connectivity index (χ2v) is 8.54. The number of aromatic nitrogens is 3. The van der Waals surface area contributed by atoms with Gasteiger partial charge in [0.25, 0.3) is 0 Å². The molecule has 2 heterocycles. The van der Waals surface area contributed by atoms with E-state index in [4.69, 9.17) is 0 Å².